The molecule has 1 fully saturated rings. The highest BCUT2D eigenvalue weighted by molar-refractivity contribution is 6.31. The van der Waals surface area contributed by atoms with Crippen molar-refractivity contribution in [3.8, 4) is 0 Å². The molecular weight excluding hydrogens is 246 g/mol. The predicted octanol–water partition coefficient (Wildman–Crippen LogP) is 3.95. The normalized spacial score (nSPS) is 25.9. The molecule has 0 aromatic heterocycles. The molecule has 0 saturated carbocycles. The third kappa shape index (κ3) is 3.47. The fraction of sp³-hybridized carbons (Fsp3) is 0.600. The summed E-state index contributed by atoms with van der Waals surface area (Å²) in [5, 5.41) is 4.52. The molecule has 2 nitrogen and oxygen atoms in total. The van der Waals surface area contributed by atoms with Gasteiger partial charge in [-0.3, -0.25) is 0 Å². The lowest BCUT2D eigenvalue weighted by atomic mass is 9.99. The number of ether oxygens (including phenoxy) is 1. The van der Waals surface area contributed by atoms with E-state index in [1.54, 1.807) is 0 Å². The fourth-order valence-corrected chi connectivity index (χ4v) is 2.89. The average Bonchev–Trinajstić information content (AvgIpc) is 2.39. The van der Waals surface area contributed by atoms with E-state index in [0.29, 0.717) is 18.2 Å². The Morgan fingerprint density at radius 1 is 1.44 bits per heavy atom. The Hall–Kier alpha value is -0.570. The van der Waals surface area contributed by atoms with Gasteiger partial charge in [0, 0.05) is 23.7 Å². The van der Waals surface area contributed by atoms with E-state index in [9.17, 15) is 0 Å². The van der Waals surface area contributed by atoms with E-state index in [0.717, 1.165) is 30.9 Å². The first-order valence-electron chi connectivity index (χ1n) is 6.82. The van der Waals surface area contributed by atoms with E-state index in [1.165, 1.54) is 5.56 Å². The number of nitrogens with one attached hydrogen (secondary N) is 1. The summed E-state index contributed by atoms with van der Waals surface area (Å²) in [6.07, 6.45) is 3.70. The zero-order valence-electron chi connectivity index (χ0n) is 11.2. The van der Waals surface area contributed by atoms with Crippen LogP contribution in [0.5, 0.6) is 0 Å². The van der Waals surface area contributed by atoms with Crippen LogP contribution in [0, 0.1) is 0 Å². The highest BCUT2D eigenvalue weighted by Gasteiger charge is 2.23. The number of hydrogen-bond acceptors (Lipinski definition) is 2. The van der Waals surface area contributed by atoms with Crippen molar-refractivity contribution >= 4 is 11.6 Å². The Bertz CT molecular complexity index is 383. The van der Waals surface area contributed by atoms with Crippen molar-refractivity contribution < 1.29 is 4.74 Å². The van der Waals surface area contributed by atoms with Crippen molar-refractivity contribution in [1.82, 2.24) is 5.32 Å². The van der Waals surface area contributed by atoms with Gasteiger partial charge in [0.2, 0.25) is 0 Å². The maximum atomic E-state index is 6.23. The van der Waals surface area contributed by atoms with Crippen molar-refractivity contribution in [2.75, 3.05) is 6.61 Å². The summed E-state index contributed by atoms with van der Waals surface area (Å²) in [5.41, 5.74) is 1.18. The Morgan fingerprint density at radius 3 is 2.94 bits per heavy atom. The lowest BCUT2D eigenvalue weighted by molar-refractivity contribution is -0.00165. The van der Waals surface area contributed by atoms with Gasteiger partial charge in [-0.05, 0) is 37.8 Å². The van der Waals surface area contributed by atoms with E-state index in [2.05, 4.69) is 25.2 Å². The molecule has 100 valence electrons. The first kappa shape index (κ1) is 13.9. The molecule has 1 aliphatic rings. The minimum atomic E-state index is 0.291. The third-order valence-electron chi connectivity index (χ3n) is 3.68. The van der Waals surface area contributed by atoms with Crippen LogP contribution in [-0.4, -0.2) is 18.8 Å². The third-order valence-corrected chi connectivity index (χ3v) is 4.02. The van der Waals surface area contributed by atoms with Gasteiger partial charge in [-0.25, -0.2) is 0 Å². The summed E-state index contributed by atoms with van der Waals surface area (Å²) in [6.45, 7) is 5.23. The first-order valence-corrected chi connectivity index (χ1v) is 7.20. The SMILES string of the molecule is CCC1CC(N[C@H](C)c2ccccc2Cl)CCO1. The monoisotopic (exact) mass is 267 g/mol. The molecular formula is C15H22ClNO. The molecule has 18 heavy (non-hydrogen) atoms. The minimum Gasteiger partial charge on any atom is -0.378 e. The summed E-state index contributed by atoms with van der Waals surface area (Å²) in [4.78, 5) is 0. The Labute approximate surface area is 115 Å². The molecule has 1 aromatic rings. The largest absolute Gasteiger partial charge is 0.378 e. The molecule has 1 saturated heterocycles. The summed E-state index contributed by atoms with van der Waals surface area (Å²) in [5.74, 6) is 0. The first-order chi connectivity index (χ1) is 8.70. The van der Waals surface area contributed by atoms with Gasteiger partial charge in [0.1, 0.15) is 0 Å². The molecule has 0 spiro atoms. The van der Waals surface area contributed by atoms with Gasteiger partial charge in [0.05, 0.1) is 6.10 Å². The molecule has 1 heterocycles. The number of halogens is 1. The highest BCUT2D eigenvalue weighted by atomic mass is 35.5. The van der Waals surface area contributed by atoms with E-state index >= 15 is 0 Å². The van der Waals surface area contributed by atoms with E-state index in [-0.39, 0.29) is 0 Å². The van der Waals surface area contributed by atoms with Gasteiger partial charge >= 0.3 is 0 Å². The van der Waals surface area contributed by atoms with Crippen LogP contribution in [0.25, 0.3) is 0 Å². The van der Waals surface area contributed by atoms with Crippen LogP contribution >= 0.6 is 11.6 Å². The second kappa shape index (κ2) is 6.55. The van der Waals surface area contributed by atoms with Gasteiger partial charge in [-0.1, -0.05) is 36.7 Å². The molecule has 0 radical (unpaired) electrons. The van der Waals surface area contributed by atoms with Gasteiger partial charge in [0.25, 0.3) is 0 Å². The lowest BCUT2D eigenvalue weighted by Crippen LogP contribution is -2.40. The Morgan fingerprint density at radius 2 is 2.22 bits per heavy atom. The van der Waals surface area contributed by atoms with Gasteiger partial charge in [-0.15, -0.1) is 0 Å². The fourth-order valence-electron chi connectivity index (χ4n) is 2.59. The second-order valence-electron chi connectivity index (χ2n) is 5.03. The standard InChI is InChI=1S/C15H22ClNO/c1-3-13-10-12(8-9-18-13)17-11(2)14-6-4-5-7-15(14)16/h4-7,11-13,17H,3,8-10H2,1-2H3/t11-,12?,13?/m1/s1. The summed E-state index contributed by atoms with van der Waals surface area (Å²) >= 11 is 6.23. The predicted molar refractivity (Wildman–Crippen MR) is 76.1 cm³/mol. The van der Waals surface area contributed by atoms with Crippen molar-refractivity contribution in [1.29, 1.82) is 0 Å². The topological polar surface area (TPSA) is 21.3 Å². The molecule has 2 unspecified atom stereocenters. The molecule has 3 heteroatoms. The molecule has 2 rings (SSSR count). The van der Waals surface area contributed by atoms with Crippen LogP contribution in [0.2, 0.25) is 5.02 Å². The second-order valence-corrected chi connectivity index (χ2v) is 5.44. The Kier molecular flexibility index (Phi) is 5.04. The van der Waals surface area contributed by atoms with Crippen molar-refractivity contribution in [3.63, 3.8) is 0 Å². The molecule has 0 aliphatic carbocycles. The van der Waals surface area contributed by atoms with Crippen LogP contribution in [0.3, 0.4) is 0 Å². The maximum Gasteiger partial charge on any atom is 0.0587 e. The molecule has 1 aliphatic heterocycles. The van der Waals surface area contributed by atoms with Gasteiger partial charge < -0.3 is 10.1 Å². The number of rotatable bonds is 4. The smallest absolute Gasteiger partial charge is 0.0587 e. The van der Waals surface area contributed by atoms with E-state index < -0.39 is 0 Å². The van der Waals surface area contributed by atoms with Crippen LogP contribution < -0.4 is 5.32 Å². The quantitative estimate of drug-likeness (QED) is 0.892. The molecule has 1 N–H and O–H groups in total. The number of benzene rings is 1. The molecule has 0 bridgehead atoms. The van der Waals surface area contributed by atoms with E-state index in [1.807, 2.05) is 18.2 Å². The summed E-state index contributed by atoms with van der Waals surface area (Å²) in [6, 6.07) is 8.89. The van der Waals surface area contributed by atoms with Crippen LogP contribution in [0.15, 0.2) is 24.3 Å². The molecule has 0 amide bonds. The average molecular weight is 268 g/mol. The van der Waals surface area contributed by atoms with Gasteiger partial charge in [-0.2, -0.15) is 0 Å². The van der Waals surface area contributed by atoms with Crippen molar-refractivity contribution in [2.24, 2.45) is 0 Å². The van der Waals surface area contributed by atoms with Crippen molar-refractivity contribution in [2.45, 2.75) is 51.3 Å². The molecule has 1 aromatic carbocycles. The van der Waals surface area contributed by atoms with E-state index in [4.69, 9.17) is 16.3 Å². The maximum absolute atomic E-state index is 6.23. The summed E-state index contributed by atoms with van der Waals surface area (Å²) in [7, 11) is 0. The highest BCUT2D eigenvalue weighted by Crippen LogP contribution is 2.25. The van der Waals surface area contributed by atoms with Crippen molar-refractivity contribution in [3.05, 3.63) is 34.9 Å². The summed E-state index contributed by atoms with van der Waals surface area (Å²) < 4.78 is 5.70. The zero-order chi connectivity index (χ0) is 13.0. The van der Waals surface area contributed by atoms with Crippen LogP contribution in [0.1, 0.15) is 44.7 Å². The molecule has 3 atom stereocenters. The van der Waals surface area contributed by atoms with Gasteiger partial charge in [0.15, 0.2) is 0 Å². The Balaban J connectivity index is 1.95. The van der Waals surface area contributed by atoms with Crippen LogP contribution in [-0.2, 0) is 4.74 Å². The number of hydrogen-bond donors (Lipinski definition) is 1. The minimum absolute atomic E-state index is 0.291. The lowest BCUT2D eigenvalue weighted by Gasteiger charge is -2.32. The zero-order valence-corrected chi connectivity index (χ0v) is 11.9. The van der Waals surface area contributed by atoms with Crippen LogP contribution in [0.4, 0.5) is 0 Å².